The molecule has 4 aromatic heterocycles. The van der Waals surface area contributed by atoms with Gasteiger partial charge in [0.15, 0.2) is 0 Å². The Kier molecular flexibility index (Phi) is 5.10. The SMILES string of the molecule is O=C(C(=O)N1CCN(c2nccc3ccccc23)CC1)c1c[nH]c2c(-c3cnccn3)ncnc12. The number of Topliss-reactive ketones (excluding diaryl/α,β-unsaturated/α-hetero) is 1. The van der Waals surface area contributed by atoms with Crippen molar-refractivity contribution in [3.63, 3.8) is 0 Å². The van der Waals surface area contributed by atoms with E-state index in [9.17, 15) is 9.59 Å². The number of pyridine rings is 1. The largest absolute Gasteiger partial charge is 0.357 e. The van der Waals surface area contributed by atoms with Crippen LogP contribution in [0.5, 0.6) is 0 Å². The Morgan fingerprint density at radius 3 is 2.57 bits per heavy atom. The highest BCUT2D eigenvalue weighted by atomic mass is 16.2. The normalized spacial score (nSPS) is 13.9. The molecule has 172 valence electrons. The van der Waals surface area contributed by atoms with Crippen LogP contribution in [-0.4, -0.2) is 72.7 Å². The molecule has 5 heterocycles. The van der Waals surface area contributed by atoms with E-state index in [1.165, 1.54) is 12.5 Å². The van der Waals surface area contributed by atoms with Gasteiger partial charge in [0, 0.05) is 56.4 Å². The summed E-state index contributed by atoms with van der Waals surface area (Å²) in [6.45, 7) is 2.04. The highest BCUT2D eigenvalue weighted by Crippen LogP contribution is 2.27. The zero-order valence-electron chi connectivity index (χ0n) is 18.6. The molecule has 6 rings (SSSR count). The molecule has 1 N–H and O–H groups in total. The van der Waals surface area contributed by atoms with Gasteiger partial charge in [-0.1, -0.05) is 24.3 Å². The molecule has 1 aliphatic rings. The number of anilines is 1. The number of fused-ring (bicyclic) bond motifs is 2. The van der Waals surface area contributed by atoms with E-state index < -0.39 is 11.7 Å². The molecule has 1 saturated heterocycles. The summed E-state index contributed by atoms with van der Waals surface area (Å²) in [7, 11) is 0. The van der Waals surface area contributed by atoms with Gasteiger partial charge in [-0.15, -0.1) is 0 Å². The van der Waals surface area contributed by atoms with Crippen molar-refractivity contribution >= 4 is 39.3 Å². The zero-order chi connectivity index (χ0) is 23.8. The number of nitrogens with one attached hydrogen (secondary N) is 1. The molecule has 0 spiro atoms. The lowest BCUT2D eigenvalue weighted by molar-refractivity contribution is -0.126. The maximum Gasteiger partial charge on any atom is 0.295 e. The van der Waals surface area contributed by atoms with E-state index in [1.807, 2.05) is 24.3 Å². The summed E-state index contributed by atoms with van der Waals surface area (Å²) in [6, 6.07) is 10.1. The summed E-state index contributed by atoms with van der Waals surface area (Å²) >= 11 is 0. The molecule has 1 amide bonds. The molecular formula is C25H20N8O2. The fourth-order valence-electron chi connectivity index (χ4n) is 4.46. The lowest BCUT2D eigenvalue weighted by atomic mass is 10.1. The second kappa shape index (κ2) is 8.56. The van der Waals surface area contributed by atoms with E-state index in [2.05, 4.69) is 40.9 Å². The molecule has 1 fully saturated rings. The minimum Gasteiger partial charge on any atom is -0.357 e. The number of amides is 1. The minimum atomic E-state index is -0.600. The predicted octanol–water partition coefficient (Wildman–Crippen LogP) is 2.49. The van der Waals surface area contributed by atoms with Gasteiger partial charge in [-0.2, -0.15) is 0 Å². The van der Waals surface area contributed by atoms with Crippen molar-refractivity contribution in [3.8, 4) is 11.4 Å². The number of aromatic amines is 1. The van der Waals surface area contributed by atoms with Gasteiger partial charge in [-0.05, 0) is 11.5 Å². The van der Waals surface area contributed by atoms with Gasteiger partial charge in [0.2, 0.25) is 0 Å². The summed E-state index contributed by atoms with van der Waals surface area (Å²) in [5.41, 5.74) is 2.21. The van der Waals surface area contributed by atoms with Crippen LogP contribution < -0.4 is 4.90 Å². The fraction of sp³-hybridized carbons (Fsp3) is 0.160. The van der Waals surface area contributed by atoms with E-state index >= 15 is 0 Å². The number of hydrogen-bond donors (Lipinski definition) is 1. The van der Waals surface area contributed by atoms with Crippen molar-refractivity contribution in [1.82, 2.24) is 34.8 Å². The number of ketones is 1. The van der Waals surface area contributed by atoms with Crippen molar-refractivity contribution in [2.75, 3.05) is 31.1 Å². The second-order valence-corrected chi connectivity index (χ2v) is 8.20. The van der Waals surface area contributed by atoms with Crippen LogP contribution in [-0.2, 0) is 4.79 Å². The van der Waals surface area contributed by atoms with Gasteiger partial charge in [-0.25, -0.2) is 15.0 Å². The van der Waals surface area contributed by atoms with Crippen LogP contribution in [0.2, 0.25) is 0 Å². The minimum absolute atomic E-state index is 0.218. The first-order chi connectivity index (χ1) is 17.2. The molecule has 0 aliphatic carbocycles. The lowest BCUT2D eigenvalue weighted by Gasteiger charge is -2.35. The van der Waals surface area contributed by atoms with E-state index in [4.69, 9.17) is 0 Å². The maximum atomic E-state index is 13.2. The van der Waals surface area contributed by atoms with Crippen molar-refractivity contribution in [2.24, 2.45) is 0 Å². The standard InChI is InChI=1S/C25H20N8O2/c34-23(18-13-29-22-20(18)30-15-31-21(22)19-14-26-7-8-27-19)25(35)33-11-9-32(10-12-33)24-17-4-2-1-3-16(17)5-6-28-24/h1-8,13-15,29H,9-12H2. The first-order valence-corrected chi connectivity index (χ1v) is 11.2. The zero-order valence-corrected chi connectivity index (χ0v) is 18.6. The van der Waals surface area contributed by atoms with Crippen LogP contribution in [0.3, 0.4) is 0 Å². The maximum absolute atomic E-state index is 13.2. The van der Waals surface area contributed by atoms with Crippen LogP contribution in [0.15, 0.2) is 67.6 Å². The van der Waals surface area contributed by atoms with Crippen molar-refractivity contribution in [1.29, 1.82) is 0 Å². The number of nitrogens with zero attached hydrogens (tertiary/aromatic N) is 7. The van der Waals surface area contributed by atoms with E-state index in [0.29, 0.717) is 48.6 Å². The molecule has 35 heavy (non-hydrogen) atoms. The van der Waals surface area contributed by atoms with Crippen molar-refractivity contribution in [2.45, 2.75) is 0 Å². The number of carbonyl (C=O) groups excluding carboxylic acids is 2. The average molecular weight is 464 g/mol. The van der Waals surface area contributed by atoms with Crippen LogP contribution in [0, 0.1) is 0 Å². The molecule has 10 nitrogen and oxygen atoms in total. The number of aromatic nitrogens is 6. The van der Waals surface area contributed by atoms with Crippen LogP contribution in [0.4, 0.5) is 5.82 Å². The van der Waals surface area contributed by atoms with Crippen LogP contribution in [0.1, 0.15) is 10.4 Å². The number of benzene rings is 1. The lowest BCUT2D eigenvalue weighted by Crippen LogP contribution is -2.50. The monoisotopic (exact) mass is 464 g/mol. The molecule has 1 aromatic carbocycles. The highest BCUT2D eigenvalue weighted by Gasteiger charge is 2.30. The Bertz CT molecular complexity index is 1550. The topological polar surface area (TPSA) is 121 Å². The summed E-state index contributed by atoms with van der Waals surface area (Å²) < 4.78 is 0. The Hall–Kier alpha value is -4.73. The molecule has 0 radical (unpaired) electrons. The molecule has 0 atom stereocenters. The van der Waals surface area contributed by atoms with E-state index in [0.717, 1.165) is 16.6 Å². The summed E-state index contributed by atoms with van der Waals surface area (Å²) in [6.07, 6.45) is 9.38. The summed E-state index contributed by atoms with van der Waals surface area (Å²) in [5, 5.41) is 2.19. The third-order valence-corrected chi connectivity index (χ3v) is 6.23. The number of carbonyl (C=O) groups is 2. The van der Waals surface area contributed by atoms with Crippen LogP contribution >= 0.6 is 0 Å². The summed E-state index contributed by atoms with van der Waals surface area (Å²) in [4.78, 5) is 54.5. The van der Waals surface area contributed by atoms with Crippen molar-refractivity contribution < 1.29 is 9.59 Å². The first-order valence-electron chi connectivity index (χ1n) is 11.2. The van der Waals surface area contributed by atoms with E-state index in [-0.39, 0.29) is 5.56 Å². The van der Waals surface area contributed by atoms with Gasteiger partial charge in [0.05, 0.1) is 17.3 Å². The molecule has 10 heteroatoms. The molecule has 0 bridgehead atoms. The third-order valence-electron chi connectivity index (χ3n) is 6.23. The second-order valence-electron chi connectivity index (χ2n) is 8.20. The Balaban J connectivity index is 1.21. The van der Waals surface area contributed by atoms with Crippen molar-refractivity contribution in [3.05, 3.63) is 73.2 Å². The molecule has 1 aliphatic heterocycles. The Morgan fingerprint density at radius 1 is 0.886 bits per heavy atom. The van der Waals surface area contributed by atoms with Gasteiger partial charge < -0.3 is 14.8 Å². The number of rotatable bonds is 4. The number of piperazine rings is 1. The molecular weight excluding hydrogens is 444 g/mol. The fourth-order valence-corrected chi connectivity index (χ4v) is 4.46. The number of hydrogen-bond acceptors (Lipinski definition) is 8. The molecule has 5 aromatic rings. The smallest absolute Gasteiger partial charge is 0.295 e. The van der Waals surface area contributed by atoms with Gasteiger partial charge >= 0.3 is 0 Å². The first kappa shape index (κ1) is 20.8. The Labute approximate surface area is 199 Å². The average Bonchev–Trinajstić information content (AvgIpc) is 3.37. The molecule has 0 unspecified atom stereocenters. The molecule has 0 saturated carbocycles. The Morgan fingerprint density at radius 2 is 1.74 bits per heavy atom. The van der Waals surface area contributed by atoms with Gasteiger partial charge in [-0.3, -0.25) is 19.6 Å². The van der Waals surface area contributed by atoms with Crippen LogP contribution in [0.25, 0.3) is 33.2 Å². The van der Waals surface area contributed by atoms with Gasteiger partial charge in [0.1, 0.15) is 29.0 Å². The van der Waals surface area contributed by atoms with Gasteiger partial charge in [0.25, 0.3) is 11.7 Å². The number of H-pyrrole nitrogens is 1. The van der Waals surface area contributed by atoms with E-state index in [1.54, 1.807) is 29.7 Å². The highest BCUT2D eigenvalue weighted by molar-refractivity contribution is 6.44. The third kappa shape index (κ3) is 3.65. The quantitative estimate of drug-likeness (QED) is 0.318. The predicted molar refractivity (Wildman–Crippen MR) is 130 cm³/mol. The summed E-state index contributed by atoms with van der Waals surface area (Å²) in [5.74, 6) is -0.251.